The molecule has 0 amide bonds. The third-order valence-corrected chi connectivity index (χ3v) is 2.82. The van der Waals surface area contributed by atoms with E-state index in [0.29, 0.717) is 6.42 Å². The SMILES string of the molecule is COC(=O)CC(C)c1cncnc1I. The van der Waals surface area contributed by atoms with E-state index in [1.807, 2.05) is 6.92 Å². The molecule has 1 unspecified atom stereocenters. The first kappa shape index (κ1) is 11.4. The van der Waals surface area contributed by atoms with Gasteiger partial charge in [0, 0.05) is 11.8 Å². The molecule has 1 heterocycles. The van der Waals surface area contributed by atoms with Gasteiger partial charge in [0.1, 0.15) is 10.0 Å². The van der Waals surface area contributed by atoms with Crippen LogP contribution in [-0.2, 0) is 9.53 Å². The quantitative estimate of drug-likeness (QED) is 0.485. The Kier molecular flexibility index (Phi) is 4.24. The Morgan fingerprint density at radius 1 is 1.71 bits per heavy atom. The maximum Gasteiger partial charge on any atom is 0.306 e. The zero-order valence-corrected chi connectivity index (χ0v) is 10.2. The number of hydrogen-bond acceptors (Lipinski definition) is 4. The lowest BCUT2D eigenvalue weighted by Crippen LogP contribution is -2.08. The van der Waals surface area contributed by atoms with Gasteiger partial charge in [-0.15, -0.1) is 0 Å². The topological polar surface area (TPSA) is 52.1 Å². The van der Waals surface area contributed by atoms with Gasteiger partial charge in [-0.2, -0.15) is 0 Å². The Morgan fingerprint density at radius 3 is 3.00 bits per heavy atom. The molecule has 76 valence electrons. The van der Waals surface area contributed by atoms with Gasteiger partial charge < -0.3 is 4.74 Å². The number of halogens is 1. The standard InChI is InChI=1S/C9H11IN2O2/c1-6(3-8(13)14-2)7-4-11-5-12-9(7)10/h4-6H,3H2,1-2H3. The van der Waals surface area contributed by atoms with E-state index < -0.39 is 0 Å². The van der Waals surface area contributed by atoms with Crippen molar-refractivity contribution in [3.63, 3.8) is 0 Å². The number of ether oxygens (including phenoxy) is 1. The van der Waals surface area contributed by atoms with E-state index in [2.05, 4.69) is 37.3 Å². The fourth-order valence-corrected chi connectivity index (χ4v) is 1.89. The van der Waals surface area contributed by atoms with Crippen LogP contribution in [0, 0.1) is 3.70 Å². The monoisotopic (exact) mass is 306 g/mol. The lowest BCUT2D eigenvalue weighted by atomic mass is 10.0. The van der Waals surface area contributed by atoms with Crippen LogP contribution in [0.2, 0.25) is 0 Å². The second kappa shape index (κ2) is 5.23. The van der Waals surface area contributed by atoms with Crippen LogP contribution in [-0.4, -0.2) is 23.0 Å². The average Bonchev–Trinajstić information content (AvgIpc) is 2.18. The number of esters is 1. The first-order valence-corrected chi connectivity index (χ1v) is 5.25. The minimum atomic E-state index is -0.211. The van der Waals surface area contributed by atoms with Crippen molar-refractivity contribution in [2.75, 3.05) is 7.11 Å². The molecule has 0 N–H and O–H groups in total. The zero-order valence-electron chi connectivity index (χ0n) is 8.03. The molecule has 1 rings (SSSR count). The second-order valence-corrected chi connectivity index (χ2v) is 3.97. The molecular formula is C9H11IN2O2. The summed E-state index contributed by atoms with van der Waals surface area (Å²) in [6, 6.07) is 0. The van der Waals surface area contributed by atoms with E-state index in [1.165, 1.54) is 13.4 Å². The summed E-state index contributed by atoms with van der Waals surface area (Å²) in [5, 5.41) is 0. The number of aromatic nitrogens is 2. The molecule has 0 aliphatic carbocycles. The lowest BCUT2D eigenvalue weighted by molar-refractivity contribution is -0.140. The van der Waals surface area contributed by atoms with E-state index in [0.717, 1.165) is 9.26 Å². The highest BCUT2D eigenvalue weighted by molar-refractivity contribution is 14.1. The molecule has 1 aromatic heterocycles. The van der Waals surface area contributed by atoms with Crippen molar-refractivity contribution in [2.45, 2.75) is 19.3 Å². The summed E-state index contributed by atoms with van der Waals surface area (Å²) in [6.45, 7) is 1.96. The maximum atomic E-state index is 11.0. The molecule has 0 bridgehead atoms. The summed E-state index contributed by atoms with van der Waals surface area (Å²) in [5.41, 5.74) is 0.985. The van der Waals surface area contributed by atoms with Gasteiger partial charge in [-0.3, -0.25) is 4.79 Å². The minimum absolute atomic E-state index is 0.0931. The Balaban J connectivity index is 2.74. The molecule has 4 nitrogen and oxygen atoms in total. The van der Waals surface area contributed by atoms with Crippen LogP contribution in [0.1, 0.15) is 24.8 Å². The van der Waals surface area contributed by atoms with Crippen LogP contribution < -0.4 is 0 Å². The van der Waals surface area contributed by atoms with Crippen LogP contribution >= 0.6 is 22.6 Å². The molecule has 0 spiro atoms. The molecule has 0 aliphatic rings. The smallest absolute Gasteiger partial charge is 0.306 e. The van der Waals surface area contributed by atoms with Gasteiger partial charge >= 0.3 is 5.97 Å². The Hall–Kier alpha value is -0.720. The summed E-state index contributed by atoms with van der Waals surface area (Å²) in [4.78, 5) is 19.0. The average molecular weight is 306 g/mol. The molecule has 0 radical (unpaired) electrons. The number of rotatable bonds is 3. The van der Waals surface area contributed by atoms with E-state index in [9.17, 15) is 4.79 Å². The van der Waals surface area contributed by atoms with E-state index in [-0.39, 0.29) is 11.9 Å². The number of hydrogen-bond donors (Lipinski definition) is 0. The van der Waals surface area contributed by atoms with Gasteiger partial charge in [0.2, 0.25) is 0 Å². The van der Waals surface area contributed by atoms with Crippen molar-refractivity contribution >= 4 is 28.6 Å². The van der Waals surface area contributed by atoms with Crippen molar-refractivity contribution in [1.82, 2.24) is 9.97 Å². The highest BCUT2D eigenvalue weighted by Gasteiger charge is 2.14. The number of carbonyl (C=O) groups is 1. The van der Waals surface area contributed by atoms with Crippen molar-refractivity contribution in [3.8, 4) is 0 Å². The molecule has 0 saturated carbocycles. The normalized spacial score (nSPS) is 12.2. The molecule has 1 aromatic rings. The fourth-order valence-electron chi connectivity index (χ4n) is 1.10. The van der Waals surface area contributed by atoms with Gasteiger partial charge in [-0.25, -0.2) is 9.97 Å². The predicted molar refractivity (Wildman–Crippen MR) is 59.8 cm³/mol. The van der Waals surface area contributed by atoms with Crippen LogP contribution in [0.5, 0.6) is 0 Å². The first-order valence-electron chi connectivity index (χ1n) is 4.17. The second-order valence-electron chi connectivity index (χ2n) is 2.95. The molecule has 0 fully saturated rings. The minimum Gasteiger partial charge on any atom is -0.469 e. The van der Waals surface area contributed by atoms with Crippen molar-refractivity contribution in [2.24, 2.45) is 0 Å². The van der Waals surface area contributed by atoms with Crippen LogP contribution in [0.15, 0.2) is 12.5 Å². The highest BCUT2D eigenvalue weighted by Crippen LogP contribution is 2.21. The molecule has 0 aliphatic heterocycles. The highest BCUT2D eigenvalue weighted by atomic mass is 127. The predicted octanol–water partition coefficient (Wildman–Crippen LogP) is 1.75. The third kappa shape index (κ3) is 2.90. The van der Waals surface area contributed by atoms with Crippen LogP contribution in [0.4, 0.5) is 0 Å². The summed E-state index contributed by atoms with van der Waals surface area (Å²) >= 11 is 2.13. The molecule has 0 saturated heterocycles. The van der Waals surface area contributed by atoms with E-state index >= 15 is 0 Å². The van der Waals surface area contributed by atoms with Gasteiger partial charge in [-0.05, 0) is 28.5 Å². The number of carbonyl (C=O) groups excluding carboxylic acids is 1. The van der Waals surface area contributed by atoms with Gasteiger partial charge in [-0.1, -0.05) is 6.92 Å². The molecule has 1 atom stereocenters. The molecule has 5 heteroatoms. The fraction of sp³-hybridized carbons (Fsp3) is 0.444. The molecular weight excluding hydrogens is 295 g/mol. The summed E-state index contributed by atoms with van der Waals surface area (Å²) in [5.74, 6) is -0.118. The summed E-state index contributed by atoms with van der Waals surface area (Å²) < 4.78 is 5.48. The largest absolute Gasteiger partial charge is 0.469 e. The first-order chi connectivity index (χ1) is 6.65. The van der Waals surface area contributed by atoms with Gasteiger partial charge in [0.05, 0.1) is 13.5 Å². The lowest BCUT2D eigenvalue weighted by Gasteiger charge is -2.10. The van der Waals surface area contributed by atoms with E-state index in [1.54, 1.807) is 6.20 Å². The van der Waals surface area contributed by atoms with Crippen molar-refractivity contribution in [3.05, 3.63) is 21.8 Å². The summed E-state index contributed by atoms with van der Waals surface area (Å²) in [6.07, 6.45) is 3.60. The summed E-state index contributed by atoms with van der Waals surface area (Å²) in [7, 11) is 1.39. The molecule has 0 aromatic carbocycles. The van der Waals surface area contributed by atoms with Crippen molar-refractivity contribution < 1.29 is 9.53 Å². The Morgan fingerprint density at radius 2 is 2.43 bits per heavy atom. The number of nitrogens with zero attached hydrogens (tertiary/aromatic N) is 2. The Labute approximate surface area is 96.2 Å². The zero-order chi connectivity index (χ0) is 10.6. The van der Waals surface area contributed by atoms with Gasteiger partial charge in [0.15, 0.2) is 0 Å². The van der Waals surface area contributed by atoms with Crippen molar-refractivity contribution in [1.29, 1.82) is 0 Å². The number of methoxy groups -OCH3 is 1. The third-order valence-electron chi connectivity index (χ3n) is 1.92. The van der Waals surface area contributed by atoms with Crippen LogP contribution in [0.3, 0.4) is 0 Å². The Bertz CT molecular complexity index is 330. The maximum absolute atomic E-state index is 11.0. The van der Waals surface area contributed by atoms with Gasteiger partial charge in [0.25, 0.3) is 0 Å². The van der Waals surface area contributed by atoms with E-state index in [4.69, 9.17) is 0 Å². The van der Waals surface area contributed by atoms with Crippen LogP contribution in [0.25, 0.3) is 0 Å². The molecule has 14 heavy (non-hydrogen) atoms.